The van der Waals surface area contributed by atoms with Gasteiger partial charge in [-0.1, -0.05) is 0 Å². The fourth-order valence-corrected chi connectivity index (χ4v) is 3.23. The summed E-state index contributed by atoms with van der Waals surface area (Å²) in [5.41, 5.74) is 3.24. The Bertz CT molecular complexity index is 1150. The molecule has 7 nitrogen and oxygen atoms in total. The van der Waals surface area contributed by atoms with Crippen molar-refractivity contribution in [3.8, 4) is 23.0 Å². The minimum absolute atomic E-state index is 0.573. The van der Waals surface area contributed by atoms with Crippen LogP contribution in [0.15, 0.2) is 70.6 Å². The van der Waals surface area contributed by atoms with Crippen molar-refractivity contribution in [2.24, 2.45) is 9.98 Å². The highest BCUT2D eigenvalue weighted by Crippen LogP contribution is 2.34. The minimum Gasteiger partial charge on any atom is -0.497 e. The van der Waals surface area contributed by atoms with Gasteiger partial charge in [-0.05, 0) is 54.6 Å². The van der Waals surface area contributed by atoms with Gasteiger partial charge in [-0.25, -0.2) is 9.98 Å². The Morgan fingerprint density at radius 1 is 0.613 bits per heavy atom. The van der Waals surface area contributed by atoms with Gasteiger partial charge in [0.25, 0.3) is 0 Å². The topological polar surface area (TPSA) is 73.7 Å². The van der Waals surface area contributed by atoms with Crippen molar-refractivity contribution in [2.75, 3.05) is 33.8 Å². The number of hydrogen-bond donors (Lipinski definition) is 1. The van der Waals surface area contributed by atoms with Crippen LogP contribution in [0.4, 0.5) is 11.4 Å². The number of nitrogens with zero attached hydrogens (tertiary/aromatic N) is 2. The van der Waals surface area contributed by atoms with Gasteiger partial charge in [-0.3, -0.25) is 0 Å². The van der Waals surface area contributed by atoms with E-state index in [4.69, 9.17) is 28.9 Å². The maximum atomic E-state index is 5.47. The first-order valence-electron chi connectivity index (χ1n) is 9.64. The van der Waals surface area contributed by atoms with E-state index in [1.165, 1.54) is 0 Å². The van der Waals surface area contributed by atoms with Crippen molar-refractivity contribution in [2.45, 2.75) is 0 Å². The molecule has 0 aromatic heterocycles. The van der Waals surface area contributed by atoms with Crippen LogP contribution in [-0.4, -0.2) is 40.1 Å². The van der Waals surface area contributed by atoms with Crippen molar-refractivity contribution in [3.63, 3.8) is 0 Å². The smallest absolute Gasteiger partial charge is 0.162 e. The number of rotatable bonds is 6. The highest BCUT2D eigenvalue weighted by Gasteiger charge is 2.18. The number of methoxy groups -OCH3 is 4. The highest BCUT2D eigenvalue weighted by molar-refractivity contribution is 6.19. The third kappa shape index (κ3) is 4.16. The molecule has 31 heavy (non-hydrogen) atoms. The lowest BCUT2D eigenvalue weighted by Crippen LogP contribution is -2.15. The van der Waals surface area contributed by atoms with Gasteiger partial charge in [0.15, 0.2) is 17.3 Å². The molecule has 0 fully saturated rings. The molecular formula is C24H23N3O4. The second kappa shape index (κ2) is 8.79. The van der Waals surface area contributed by atoms with Gasteiger partial charge in [0.2, 0.25) is 0 Å². The fraction of sp³-hybridized carbons (Fsp3) is 0.167. The normalized spacial score (nSPS) is 12.5. The number of hydrogen-bond acceptors (Lipinski definition) is 7. The molecule has 0 saturated heterocycles. The van der Waals surface area contributed by atoms with Crippen LogP contribution >= 0.6 is 0 Å². The van der Waals surface area contributed by atoms with Gasteiger partial charge < -0.3 is 24.3 Å². The maximum Gasteiger partial charge on any atom is 0.162 e. The number of benzene rings is 3. The zero-order valence-corrected chi connectivity index (χ0v) is 17.8. The summed E-state index contributed by atoms with van der Waals surface area (Å²) in [6, 6.07) is 18.9. The summed E-state index contributed by atoms with van der Waals surface area (Å²) >= 11 is 0. The second-order valence-corrected chi connectivity index (χ2v) is 6.70. The van der Waals surface area contributed by atoms with Gasteiger partial charge in [0.1, 0.15) is 17.3 Å². The van der Waals surface area contributed by atoms with Crippen LogP contribution in [0.2, 0.25) is 0 Å². The Balaban J connectivity index is 1.85. The molecule has 0 aliphatic carbocycles. The molecule has 3 aromatic carbocycles. The van der Waals surface area contributed by atoms with E-state index in [1.54, 1.807) is 28.4 Å². The average Bonchev–Trinajstić information content (AvgIpc) is 3.02. The molecule has 0 atom stereocenters. The third-order valence-corrected chi connectivity index (χ3v) is 4.91. The van der Waals surface area contributed by atoms with Crippen LogP contribution in [0.1, 0.15) is 11.1 Å². The molecule has 0 saturated carbocycles. The highest BCUT2D eigenvalue weighted by atomic mass is 16.5. The molecule has 0 bridgehead atoms. The lowest BCUT2D eigenvalue weighted by molar-refractivity contribution is 0.355. The number of aliphatic imine (C=N–C) groups is 2. The van der Waals surface area contributed by atoms with Crippen molar-refractivity contribution in [1.82, 2.24) is 0 Å². The van der Waals surface area contributed by atoms with Gasteiger partial charge in [0.05, 0.1) is 39.8 Å². The van der Waals surface area contributed by atoms with Crippen LogP contribution in [0.25, 0.3) is 0 Å². The Kier molecular flexibility index (Phi) is 5.75. The molecular weight excluding hydrogens is 394 g/mol. The standard InChI is InChI=1S/C24H23N3O4/c1-28-17-8-5-15(6-9-17)23-25-19-11-10-18(29-2)14-20(19)26-24(27-23)16-7-12-21(30-3)22(13-16)31-4/h5-14H,1-4H3,(H,25,26,27). The SMILES string of the molecule is COc1ccc(C2=Nc3ccc(OC)cc3NC(c3ccc(OC)c(OC)c3)=N2)cc1. The lowest BCUT2D eigenvalue weighted by atomic mass is 10.1. The molecule has 1 heterocycles. The summed E-state index contributed by atoms with van der Waals surface area (Å²) in [7, 11) is 6.48. The summed E-state index contributed by atoms with van der Waals surface area (Å²) in [6.07, 6.45) is 0. The van der Waals surface area contributed by atoms with Gasteiger partial charge in [-0.15, -0.1) is 0 Å². The minimum atomic E-state index is 0.573. The largest absolute Gasteiger partial charge is 0.497 e. The number of amidine groups is 2. The predicted molar refractivity (Wildman–Crippen MR) is 122 cm³/mol. The molecule has 0 unspecified atom stereocenters. The van der Waals surface area contributed by atoms with E-state index in [-0.39, 0.29) is 0 Å². The van der Waals surface area contributed by atoms with Crippen LogP contribution in [0.5, 0.6) is 23.0 Å². The predicted octanol–water partition coefficient (Wildman–Crippen LogP) is 4.67. The number of anilines is 1. The van der Waals surface area contributed by atoms with Crippen molar-refractivity contribution in [1.29, 1.82) is 0 Å². The van der Waals surface area contributed by atoms with Crippen molar-refractivity contribution in [3.05, 3.63) is 71.8 Å². The number of fused-ring (bicyclic) bond motifs is 1. The molecule has 1 aliphatic rings. The van der Waals surface area contributed by atoms with E-state index in [9.17, 15) is 0 Å². The second-order valence-electron chi connectivity index (χ2n) is 6.70. The molecule has 3 aromatic rings. The van der Waals surface area contributed by atoms with Crippen molar-refractivity contribution >= 4 is 23.0 Å². The zero-order valence-electron chi connectivity index (χ0n) is 17.8. The third-order valence-electron chi connectivity index (χ3n) is 4.91. The van der Waals surface area contributed by atoms with Gasteiger partial charge in [-0.2, -0.15) is 0 Å². The molecule has 1 N–H and O–H groups in total. The quantitative estimate of drug-likeness (QED) is 0.631. The summed E-state index contributed by atoms with van der Waals surface area (Å²) in [5.74, 6) is 3.95. The zero-order chi connectivity index (χ0) is 21.8. The molecule has 7 heteroatoms. The Morgan fingerprint density at radius 3 is 1.97 bits per heavy atom. The van der Waals surface area contributed by atoms with Crippen molar-refractivity contribution < 1.29 is 18.9 Å². The lowest BCUT2D eigenvalue weighted by Gasteiger charge is -2.13. The first kappa shape index (κ1) is 20.3. The summed E-state index contributed by atoms with van der Waals surface area (Å²) in [4.78, 5) is 9.66. The Labute approximate surface area is 181 Å². The van der Waals surface area contributed by atoms with Gasteiger partial charge in [0, 0.05) is 17.2 Å². The van der Waals surface area contributed by atoms with E-state index in [2.05, 4.69) is 5.32 Å². The Morgan fingerprint density at radius 2 is 1.29 bits per heavy atom. The first-order valence-corrected chi connectivity index (χ1v) is 9.64. The summed E-state index contributed by atoms with van der Waals surface area (Å²) in [6.45, 7) is 0. The van der Waals surface area contributed by atoms with E-state index in [0.29, 0.717) is 23.2 Å². The molecule has 0 spiro atoms. The maximum absolute atomic E-state index is 5.47. The number of nitrogens with one attached hydrogen (secondary N) is 1. The molecule has 1 aliphatic heterocycles. The van der Waals surface area contributed by atoms with Gasteiger partial charge >= 0.3 is 0 Å². The first-order chi connectivity index (χ1) is 15.1. The van der Waals surface area contributed by atoms with E-state index in [0.717, 1.165) is 34.0 Å². The fourth-order valence-electron chi connectivity index (χ4n) is 3.23. The van der Waals surface area contributed by atoms with E-state index >= 15 is 0 Å². The summed E-state index contributed by atoms with van der Waals surface area (Å²) < 4.78 is 21.5. The van der Waals surface area contributed by atoms with E-state index < -0.39 is 0 Å². The summed E-state index contributed by atoms with van der Waals surface area (Å²) in [5, 5.41) is 3.40. The van der Waals surface area contributed by atoms with Crippen LogP contribution < -0.4 is 24.3 Å². The molecule has 4 rings (SSSR count). The molecule has 158 valence electrons. The average molecular weight is 417 g/mol. The van der Waals surface area contributed by atoms with Crippen LogP contribution in [-0.2, 0) is 0 Å². The monoisotopic (exact) mass is 417 g/mol. The van der Waals surface area contributed by atoms with Crippen LogP contribution in [0.3, 0.4) is 0 Å². The van der Waals surface area contributed by atoms with E-state index in [1.807, 2.05) is 60.7 Å². The molecule has 0 radical (unpaired) electrons. The number of ether oxygens (including phenoxy) is 4. The molecule has 0 amide bonds. The Hall–Kier alpha value is -4.00. The van der Waals surface area contributed by atoms with Crippen LogP contribution in [0, 0.1) is 0 Å².